The lowest BCUT2D eigenvalue weighted by molar-refractivity contribution is -0.0301. The van der Waals surface area contributed by atoms with Crippen LogP contribution in [0.1, 0.15) is 40.5 Å². The third kappa shape index (κ3) is 2.85. The van der Waals surface area contributed by atoms with Crippen LogP contribution in [-0.2, 0) is 4.74 Å². The zero-order valence-electron chi connectivity index (χ0n) is 7.03. The van der Waals surface area contributed by atoms with Gasteiger partial charge >= 0.3 is 0 Å². The van der Waals surface area contributed by atoms with Gasteiger partial charge in [-0.2, -0.15) is 0 Å². The number of hydrogen-bond acceptors (Lipinski definition) is 1. The van der Waals surface area contributed by atoms with Gasteiger partial charge in [-0.25, -0.2) is 0 Å². The Labute approximate surface area is 58.4 Å². The van der Waals surface area contributed by atoms with Crippen molar-refractivity contribution in [2.24, 2.45) is 0 Å². The summed E-state index contributed by atoms with van der Waals surface area (Å²) in [4.78, 5) is 0. The quantitative estimate of drug-likeness (QED) is 0.568. The van der Waals surface area contributed by atoms with E-state index in [2.05, 4.69) is 20.8 Å². The molecule has 9 heavy (non-hydrogen) atoms. The standard InChI is InChI=1S/C8H18O/c1-5-8(4,6-2)9-7-3/h5-7H2,1-4H3. The Hall–Kier alpha value is -0.0400. The molecule has 0 N–H and O–H groups in total. The van der Waals surface area contributed by atoms with Crippen LogP contribution in [0.2, 0.25) is 0 Å². The molecule has 0 unspecified atom stereocenters. The number of hydrogen-bond donors (Lipinski definition) is 0. The Morgan fingerprint density at radius 2 is 1.56 bits per heavy atom. The number of rotatable bonds is 4. The number of ether oxygens (including phenoxy) is 1. The smallest absolute Gasteiger partial charge is 0.0649 e. The minimum atomic E-state index is 0.134. The first-order valence-electron chi connectivity index (χ1n) is 3.82. The summed E-state index contributed by atoms with van der Waals surface area (Å²) in [6.07, 6.45) is 2.22. The van der Waals surface area contributed by atoms with Gasteiger partial charge in [-0.1, -0.05) is 13.8 Å². The van der Waals surface area contributed by atoms with Gasteiger partial charge in [0.1, 0.15) is 0 Å². The average molecular weight is 130 g/mol. The first-order chi connectivity index (χ1) is 4.18. The second-order valence-electron chi connectivity index (χ2n) is 2.59. The lowest BCUT2D eigenvalue weighted by Crippen LogP contribution is -2.26. The van der Waals surface area contributed by atoms with Crippen molar-refractivity contribution in [1.82, 2.24) is 0 Å². The summed E-state index contributed by atoms with van der Waals surface area (Å²) < 4.78 is 5.53. The Kier molecular flexibility index (Phi) is 3.87. The molecule has 0 atom stereocenters. The molecule has 0 aliphatic heterocycles. The fourth-order valence-electron chi connectivity index (χ4n) is 0.803. The van der Waals surface area contributed by atoms with E-state index >= 15 is 0 Å². The van der Waals surface area contributed by atoms with Crippen LogP contribution in [0.5, 0.6) is 0 Å². The molecular weight excluding hydrogens is 112 g/mol. The zero-order chi connectivity index (χ0) is 7.33. The molecule has 0 amide bonds. The lowest BCUT2D eigenvalue weighted by atomic mass is 10.0. The van der Waals surface area contributed by atoms with E-state index in [4.69, 9.17) is 4.74 Å². The SMILES string of the molecule is CCOC(C)(CC)CC. The molecule has 0 aliphatic rings. The molecule has 0 rings (SSSR count). The van der Waals surface area contributed by atoms with Gasteiger partial charge in [-0.05, 0) is 26.7 Å². The summed E-state index contributed by atoms with van der Waals surface area (Å²) in [7, 11) is 0. The fraction of sp³-hybridized carbons (Fsp3) is 1.00. The normalized spacial score (nSPS) is 12.0. The minimum Gasteiger partial charge on any atom is -0.376 e. The van der Waals surface area contributed by atoms with Crippen LogP contribution in [0.25, 0.3) is 0 Å². The average Bonchev–Trinajstić information content (AvgIpc) is 1.89. The van der Waals surface area contributed by atoms with Crippen molar-refractivity contribution in [3.05, 3.63) is 0 Å². The summed E-state index contributed by atoms with van der Waals surface area (Å²) in [5.74, 6) is 0. The van der Waals surface area contributed by atoms with Crippen molar-refractivity contribution >= 4 is 0 Å². The largest absolute Gasteiger partial charge is 0.376 e. The van der Waals surface area contributed by atoms with Gasteiger partial charge in [0.25, 0.3) is 0 Å². The molecule has 1 heteroatoms. The van der Waals surface area contributed by atoms with Gasteiger partial charge in [-0.15, -0.1) is 0 Å². The Morgan fingerprint density at radius 3 is 1.67 bits per heavy atom. The summed E-state index contributed by atoms with van der Waals surface area (Å²) in [5.41, 5.74) is 0.134. The molecule has 0 radical (unpaired) electrons. The monoisotopic (exact) mass is 130 g/mol. The highest BCUT2D eigenvalue weighted by Crippen LogP contribution is 2.18. The molecule has 0 aromatic heterocycles. The molecule has 0 fully saturated rings. The van der Waals surface area contributed by atoms with Gasteiger partial charge in [0.15, 0.2) is 0 Å². The molecule has 0 aliphatic carbocycles. The highest BCUT2D eigenvalue weighted by atomic mass is 16.5. The molecule has 0 saturated heterocycles. The maximum Gasteiger partial charge on any atom is 0.0649 e. The second-order valence-corrected chi connectivity index (χ2v) is 2.59. The van der Waals surface area contributed by atoms with Crippen molar-refractivity contribution in [3.63, 3.8) is 0 Å². The van der Waals surface area contributed by atoms with Gasteiger partial charge in [0.2, 0.25) is 0 Å². The van der Waals surface area contributed by atoms with E-state index in [0.717, 1.165) is 19.4 Å². The van der Waals surface area contributed by atoms with Gasteiger partial charge < -0.3 is 4.74 Å². The van der Waals surface area contributed by atoms with Crippen LogP contribution in [0.4, 0.5) is 0 Å². The maximum absolute atomic E-state index is 5.53. The van der Waals surface area contributed by atoms with E-state index in [1.807, 2.05) is 6.92 Å². The molecule has 1 nitrogen and oxygen atoms in total. The molecule has 56 valence electrons. The van der Waals surface area contributed by atoms with Crippen molar-refractivity contribution in [3.8, 4) is 0 Å². The lowest BCUT2D eigenvalue weighted by Gasteiger charge is -2.26. The second kappa shape index (κ2) is 3.89. The van der Waals surface area contributed by atoms with Crippen molar-refractivity contribution in [1.29, 1.82) is 0 Å². The third-order valence-electron chi connectivity index (χ3n) is 1.99. The predicted octanol–water partition coefficient (Wildman–Crippen LogP) is 2.60. The van der Waals surface area contributed by atoms with Crippen molar-refractivity contribution in [2.75, 3.05) is 6.61 Å². The first kappa shape index (κ1) is 8.96. The van der Waals surface area contributed by atoms with Crippen LogP contribution in [0.3, 0.4) is 0 Å². The maximum atomic E-state index is 5.53. The zero-order valence-corrected chi connectivity index (χ0v) is 7.03. The molecule has 0 heterocycles. The fourth-order valence-corrected chi connectivity index (χ4v) is 0.803. The van der Waals surface area contributed by atoms with Crippen molar-refractivity contribution in [2.45, 2.75) is 46.1 Å². The predicted molar refractivity (Wildman–Crippen MR) is 40.6 cm³/mol. The summed E-state index contributed by atoms with van der Waals surface area (Å²) in [6.45, 7) is 9.37. The minimum absolute atomic E-state index is 0.134. The van der Waals surface area contributed by atoms with Gasteiger partial charge in [0, 0.05) is 6.61 Å². The summed E-state index contributed by atoms with van der Waals surface area (Å²) >= 11 is 0. The van der Waals surface area contributed by atoms with Gasteiger partial charge in [0.05, 0.1) is 5.60 Å². The molecular formula is C8H18O. The van der Waals surface area contributed by atoms with E-state index in [1.54, 1.807) is 0 Å². The highest BCUT2D eigenvalue weighted by Gasteiger charge is 2.18. The highest BCUT2D eigenvalue weighted by molar-refractivity contribution is 4.69. The van der Waals surface area contributed by atoms with E-state index < -0.39 is 0 Å². The Bertz CT molecular complexity index is 65.0. The Morgan fingerprint density at radius 1 is 1.11 bits per heavy atom. The Balaban J connectivity index is 3.62. The topological polar surface area (TPSA) is 9.23 Å². The summed E-state index contributed by atoms with van der Waals surface area (Å²) in [6, 6.07) is 0. The van der Waals surface area contributed by atoms with Crippen LogP contribution < -0.4 is 0 Å². The van der Waals surface area contributed by atoms with Gasteiger partial charge in [-0.3, -0.25) is 0 Å². The summed E-state index contributed by atoms with van der Waals surface area (Å²) in [5, 5.41) is 0. The van der Waals surface area contributed by atoms with E-state index in [0.29, 0.717) is 0 Å². The van der Waals surface area contributed by atoms with E-state index in [1.165, 1.54) is 0 Å². The van der Waals surface area contributed by atoms with Crippen LogP contribution in [0, 0.1) is 0 Å². The van der Waals surface area contributed by atoms with Crippen LogP contribution >= 0.6 is 0 Å². The van der Waals surface area contributed by atoms with Crippen LogP contribution in [0.15, 0.2) is 0 Å². The van der Waals surface area contributed by atoms with E-state index in [-0.39, 0.29) is 5.60 Å². The van der Waals surface area contributed by atoms with Crippen LogP contribution in [-0.4, -0.2) is 12.2 Å². The molecule has 0 aromatic rings. The van der Waals surface area contributed by atoms with Crippen molar-refractivity contribution < 1.29 is 4.74 Å². The molecule has 0 bridgehead atoms. The first-order valence-corrected chi connectivity index (χ1v) is 3.82. The third-order valence-corrected chi connectivity index (χ3v) is 1.99. The molecule has 0 aromatic carbocycles. The molecule has 0 saturated carbocycles. The molecule has 0 spiro atoms. The van der Waals surface area contributed by atoms with E-state index in [9.17, 15) is 0 Å².